The van der Waals surface area contributed by atoms with E-state index in [0.717, 1.165) is 28.3 Å². The fourth-order valence-corrected chi connectivity index (χ4v) is 4.71. The highest BCUT2D eigenvalue weighted by molar-refractivity contribution is 6.76. The van der Waals surface area contributed by atoms with Crippen LogP contribution in [0.2, 0.25) is 25.7 Å². The van der Waals surface area contributed by atoms with Crippen molar-refractivity contribution in [3.05, 3.63) is 77.3 Å². The van der Waals surface area contributed by atoms with E-state index < -0.39 is 8.07 Å². The zero-order chi connectivity index (χ0) is 24.6. The van der Waals surface area contributed by atoms with Crippen molar-refractivity contribution >= 4 is 30.3 Å². The normalized spacial score (nSPS) is 11.9. The Morgan fingerprint density at radius 3 is 2.43 bits per heavy atom. The lowest BCUT2D eigenvalue weighted by atomic mass is 10.3. The van der Waals surface area contributed by atoms with Crippen LogP contribution in [0.1, 0.15) is 6.92 Å². The van der Waals surface area contributed by atoms with Gasteiger partial charge in [0.2, 0.25) is 0 Å². The Morgan fingerprint density at radius 1 is 0.943 bits per heavy atom. The largest absolute Gasteiger partial charge is 0.423 e. The molecule has 0 fully saturated rings. The molecule has 0 bridgehead atoms. The third kappa shape index (κ3) is 4.46. The molecule has 180 valence electrons. The Bertz CT molecular complexity index is 1540. The second-order valence-corrected chi connectivity index (χ2v) is 15.2. The van der Waals surface area contributed by atoms with Crippen LogP contribution in [0.3, 0.4) is 0 Å². The summed E-state index contributed by atoms with van der Waals surface area (Å²) in [5.74, 6) is 0.597. The van der Waals surface area contributed by atoms with Crippen molar-refractivity contribution in [2.24, 2.45) is 0 Å². The summed E-state index contributed by atoms with van der Waals surface area (Å²) in [6.07, 6.45) is 1.70. The Kier molecular flexibility index (Phi) is 5.94. The van der Waals surface area contributed by atoms with E-state index in [0.29, 0.717) is 30.6 Å². The predicted molar refractivity (Wildman–Crippen MR) is 140 cm³/mol. The molecule has 0 N–H and O–H groups in total. The molecule has 5 rings (SSSR count). The van der Waals surface area contributed by atoms with Gasteiger partial charge in [0.05, 0.1) is 16.7 Å². The molecule has 8 nitrogen and oxygen atoms in total. The number of benzene rings is 2. The minimum atomic E-state index is -1.25. The second kappa shape index (κ2) is 9.07. The zero-order valence-electron chi connectivity index (χ0n) is 20.4. The number of ether oxygens (including phenoxy) is 1. The fourth-order valence-electron chi connectivity index (χ4n) is 4.01. The molecule has 0 aliphatic carbocycles. The molecule has 0 unspecified atom stereocenters. The number of aryl methyl sites for hydroxylation is 1. The maximum Gasteiger partial charge on any atom is 0.337 e. The van der Waals surface area contributed by atoms with E-state index in [1.54, 1.807) is 20.1 Å². The van der Waals surface area contributed by atoms with E-state index in [1.807, 2.05) is 67.6 Å². The lowest BCUT2D eigenvalue weighted by Crippen LogP contribution is -2.25. The molecule has 5 aromatic rings. The van der Waals surface area contributed by atoms with Crippen LogP contribution in [0, 0.1) is 0 Å². The number of hydrogen-bond donors (Lipinski definition) is 0. The number of rotatable bonds is 8. The number of aromatic nitrogens is 5. The molecule has 0 radical (unpaired) electrons. The van der Waals surface area contributed by atoms with Gasteiger partial charge < -0.3 is 9.57 Å². The lowest BCUT2D eigenvalue weighted by molar-refractivity contribution is 0.111. The van der Waals surface area contributed by atoms with Crippen LogP contribution in [-0.4, -0.2) is 38.5 Å². The number of nitrogens with zero attached hydrogens (tertiary/aromatic N) is 5. The molecule has 0 amide bonds. The van der Waals surface area contributed by atoms with Crippen molar-refractivity contribution in [1.82, 2.24) is 23.8 Å². The molecule has 0 saturated heterocycles. The topological polar surface area (TPSA) is 76.1 Å². The maximum atomic E-state index is 13.0. The average molecular weight is 488 g/mol. The standard InChI is InChI=1S/C26H29N5O3Si/c1-5-29-23-11-8-16-27-24(23)30(26(29)32)19-12-14-20(15-13-19)34-25-28-21-9-6-7-10-22(21)31(25)33-17-18-35(2,3)4/h6-16H,5,17-18H2,1-4H3. The van der Waals surface area contributed by atoms with Gasteiger partial charge in [-0.3, -0.25) is 4.57 Å². The molecule has 3 aromatic heterocycles. The predicted octanol–water partition coefficient (Wildman–Crippen LogP) is 5.12. The number of pyridine rings is 1. The van der Waals surface area contributed by atoms with Gasteiger partial charge in [0.15, 0.2) is 5.65 Å². The minimum Gasteiger partial charge on any atom is -0.423 e. The molecule has 3 heterocycles. The molecule has 0 spiro atoms. The van der Waals surface area contributed by atoms with Crippen molar-refractivity contribution in [2.75, 3.05) is 6.61 Å². The molecule has 0 atom stereocenters. The molecule has 0 saturated carbocycles. The van der Waals surface area contributed by atoms with Gasteiger partial charge in [0, 0.05) is 20.8 Å². The van der Waals surface area contributed by atoms with E-state index in [9.17, 15) is 4.79 Å². The summed E-state index contributed by atoms with van der Waals surface area (Å²) in [5.41, 5.74) is 3.71. The van der Waals surface area contributed by atoms with Gasteiger partial charge in [-0.25, -0.2) is 14.3 Å². The summed E-state index contributed by atoms with van der Waals surface area (Å²) in [7, 11) is -1.25. The summed E-state index contributed by atoms with van der Waals surface area (Å²) in [4.78, 5) is 28.2. The minimum absolute atomic E-state index is 0.118. The van der Waals surface area contributed by atoms with E-state index in [-0.39, 0.29) is 5.69 Å². The first kappa shape index (κ1) is 22.9. The summed E-state index contributed by atoms with van der Waals surface area (Å²) < 4.78 is 11.2. The molecule has 0 aliphatic heterocycles. The van der Waals surface area contributed by atoms with Crippen LogP contribution >= 0.6 is 0 Å². The van der Waals surface area contributed by atoms with Crippen LogP contribution in [0.15, 0.2) is 71.7 Å². The first-order valence-electron chi connectivity index (χ1n) is 11.8. The summed E-state index contributed by atoms with van der Waals surface area (Å²) in [5, 5.41) is 0. The number of para-hydroxylation sites is 2. The Labute approximate surface area is 204 Å². The van der Waals surface area contributed by atoms with Crippen molar-refractivity contribution in [3.8, 4) is 17.4 Å². The second-order valence-electron chi connectivity index (χ2n) is 9.63. The van der Waals surface area contributed by atoms with Gasteiger partial charge in [-0.1, -0.05) is 31.8 Å². The van der Waals surface area contributed by atoms with Crippen LogP contribution < -0.4 is 15.3 Å². The highest BCUT2D eigenvalue weighted by Gasteiger charge is 2.18. The fraction of sp³-hybridized carbons (Fsp3) is 0.269. The molecular weight excluding hydrogens is 458 g/mol. The van der Waals surface area contributed by atoms with Gasteiger partial charge in [0.1, 0.15) is 17.9 Å². The van der Waals surface area contributed by atoms with E-state index in [4.69, 9.17) is 9.57 Å². The van der Waals surface area contributed by atoms with Gasteiger partial charge in [-0.2, -0.15) is 4.98 Å². The Hall–Kier alpha value is -3.85. The number of imidazole rings is 2. The molecule has 9 heteroatoms. The van der Waals surface area contributed by atoms with Gasteiger partial charge in [-0.15, -0.1) is 4.73 Å². The zero-order valence-corrected chi connectivity index (χ0v) is 21.4. The van der Waals surface area contributed by atoms with Crippen LogP contribution in [0.4, 0.5) is 0 Å². The van der Waals surface area contributed by atoms with Crippen LogP contribution in [0.5, 0.6) is 11.8 Å². The third-order valence-electron chi connectivity index (χ3n) is 5.87. The van der Waals surface area contributed by atoms with Crippen LogP contribution in [0.25, 0.3) is 27.9 Å². The number of hydrogen-bond acceptors (Lipinski definition) is 5. The van der Waals surface area contributed by atoms with Crippen LogP contribution in [-0.2, 0) is 6.54 Å². The third-order valence-corrected chi connectivity index (χ3v) is 7.58. The molecule has 2 aromatic carbocycles. The SMILES string of the molecule is CCn1c(=O)n(-c2ccc(Oc3nc4ccccc4n3OCC[Si](C)(C)C)cc2)c2ncccc21. The van der Waals surface area contributed by atoms with Gasteiger partial charge in [-0.05, 0) is 61.5 Å². The maximum absolute atomic E-state index is 13.0. The highest BCUT2D eigenvalue weighted by Crippen LogP contribution is 2.26. The summed E-state index contributed by atoms with van der Waals surface area (Å²) in [6, 6.07) is 20.3. The van der Waals surface area contributed by atoms with E-state index in [1.165, 1.54) is 0 Å². The quantitative estimate of drug-likeness (QED) is 0.284. The first-order valence-corrected chi connectivity index (χ1v) is 15.5. The molecule has 0 aliphatic rings. The highest BCUT2D eigenvalue weighted by atomic mass is 28.3. The van der Waals surface area contributed by atoms with Crippen molar-refractivity contribution in [2.45, 2.75) is 39.2 Å². The molecule has 35 heavy (non-hydrogen) atoms. The molecular formula is C26H29N5O3Si. The monoisotopic (exact) mass is 487 g/mol. The van der Waals surface area contributed by atoms with Crippen molar-refractivity contribution in [1.29, 1.82) is 0 Å². The first-order chi connectivity index (χ1) is 16.9. The van der Waals surface area contributed by atoms with Crippen molar-refractivity contribution < 1.29 is 9.57 Å². The summed E-state index contributed by atoms with van der Waals surface area (Å²) >= 11 is 0. The van der Waals surface area contributed by atoms with E-state index in [2.05, 4.69) is 29.6 Å². The average Bonchev–Trinajstić information content (AvgIpc) is 3.32. The van der Waals surface area contributed by atoms with E-state index >= 15 is 0 Å². The van der Waals surface area contributed by atoms with Gasteiger partial charge >= 0.3 is 11.7 Å². The number of fused-ring (bicyclic) bond motifs is 2. The Morgan fingerprint density at radius 2 is 1.69 bits per heavy atom. The lowest BCUT2D eigenvalue weighted by Gasteiger charge is -2.17. The summed E-state index contributed by atoms with van der Waals surface area (Å²) in [6.45, 7) is 10.1. The Balaban J connectivity index is 1.45. The van der Waals surface area contributed by atoms with Crippen molar-refractivity contribution in [3.63, 3.8) is 0 Å². The smallest absolute Gasteiger partial charge is 0.337 e. The van der Waals surface area contributed by atoms with Gasteiger partial charge in [0.25, 0.3) is 0 Å².